The summed E-state index contributed by atoms with van der Waals surface area (Å²) < 4.78 is 53.1. The van der Waals surface area contributed by atoms with Crippen LogP contribution in [0.2, 0.25) is 0 Å². The molecule has 7 heteroatoms. The smallest absolute Gasteiger partial charge is 0.386 e. The van der Waals surface area contributed by atoms with Crippen molar-refractivity contribution in [1.82, 2.24) is 15.6 Å². The lowest BCUT2D eigenvalue weighted by atomic mass is 10.0. The average Bonchev–Trinajstić information content (AvgIpc) is 3.08. The van der Waals surface area contributed by atoms with Gasteiger partial charge in [-0.1, -0.05) is 19.1 Å². The zero-order chi connectivity index (χ0) is 19.6. The van der Waals surface area contributed by atoms with Gasteiger partial charge < -0.3 is 10.6 Å². The highest BCUT2D eigenvalue weighted by Crippen LogP contribution is 2.32. The second kappa shape index (κ2) is 7.58. The largest absolute Gasteiger partial charge is 0.433 e. The monoisotopic (exact) mass is 379 g/mol. The number of nitrogens with zero attached hydrogens (tertiary/aromatic N) is 1. The summed E-state index contributed by atoms with van der Waals surface area (Å²) in [6.07, 6.45) is 0.318. The highest BCUT2D eigenvalue weighted by Gasteiger charge is 2.32. The van der Waals surface area contributed by atoms with Crippen LogP contribution < -0.4 is 10.6 Å². The summed E-state index contributed by atoms with van der Waals surface area (Å²) in [6.45, 7) is 4.03. The fourth-order valence-corrected chi connectivity index (χ4v) is 3.11. The predicted molar refractivity (Wildman–Crippen MR) is 96.1 cm³/mol. The van der Waals surface area contributed by atoms with Crippen LogP contribution in [-0.2, 0) is 6.18 Å². The van der Waals surface area contributed by atoms with Crippen LogP contribution in [0.3, 0.4) is 0 Å². The molecule has 2 heterocycles. The summed E-state index contributed by atoms with van der Waals surface area (Å²) in [5.74, 6) is -0.564. The van der Waals surface area contributed by atoms with Gasteiger partial charge in [0.2, 0.25) is 0 Å². The van der Waals surface area contributed by atoms with Crippen molar-refractivity contribution in [2.45, 2.75) is 44.9 Å². The van der Waals surface area contributed by atoms with Crippen LogP contribution >= 0.6 is 0 Å². The molecular weight excluding hydrogens is 358 g/mol. The maximum Gasteiger partial charge on any atom is 0.433 e. The minimum Gasteiger partial charge on any atom is -0.386 e. The molecule has 3 rings (SSSR count). The number of halogens is 4. The number of alkyl halides is 3. The first-order valence-corrected chi connectivity index (χ1v) is 8.82. The van der Waals surface area contributed by atoms with Crippen LogP contribution in [-0.4, -0.2) is 11.0 Å². The van der Waals surface area contributed by atoms with E-state index < -0.39 is 17.7 Å². The van der Waals surface area contributed by atoms with Crippen LogP contribution in [0, 0.1) is 5.82 Å². The standard InChI is InChI=1S/C20H21F4N3/c1-3-15-10-16(11-26-15)27-12(2)13-4-5-17(18(21)8-13)14-6-7-25-19(9-14)20(22,23)24/h4-9,11-12,15,26-27H,3,10H2,1-2H3/t12?,15-/m0/s1. The molecule has 3 nitrogen and oxygen atoms in total. The lowest BCUT2D eigenvalue weighted by Crippen LogP contribution is -2.20. The van der Waals surface area contributed by atoms with E-state index in [1.165, 1.54) is 18.2 Å². The number of hydrogen-bond donors (Lipinski definition) is 2. The summed E-state index contributed by atoms with van der Waals surface area (Å²) in [7, 11) is 0. The van der Waals surface area contributed by atoms with Crippen LogP contribution in [0.1, 0.15) is 44.0 Å². The average molecular weight is 379 g/mol. The minimum absolute atomic E-state index is 0.117. The highest BCUT2D eigenvalue weighted by molar-refractivity contribution is 5.64. The minimum atomic E-state index is -4.57. The van der Waals surface area contributed by atoms with Gasteiger partial charge in [0.15, 0.2) is 0 Å². The van der Waals surface area contributed by atoms with E-state index in [2.05, 4.69) is 22.5 Å². The predicted octanol–water partition coefficient (Wildman–Crippen LogP) is 5.17. The third-order valence-corrected chi connectivity index (χ3v) is 4.71. The van der Waals surface area contributed by atoms with Crippen LogP contribution in [0.25, 0.3) is 11.1 Å². The van der Waals surface area contributed by atoms with Crippen LogP contribution in [0.15, 0.2) is 48.4 Å². The summed E-state index contributed by atoms with van der Waals surface area (Å²) in [5.41, 5.74) is 1.01. The van der Waals surface area contributed by atoms with E-state index in [4.69, 9.17) is 0 Å². The van der Waals surface area contributed by atoms with Crippen molar-refractivity contribution in [3.63, 3.8) is 0 Å². The lowest BCUT2D eigenvalue weighted by Gasteiger charge is -2.18. The molecule has 1 aliphatic heterocycles. The molecule has 1 unspecified atom stereocenters. The van der Waals surface area contributed by atoms with Gasteiger partial charge in [0, 0.05) is 42.2 Å². The summed E-state index contributed by atoms with van der Waals surface area (Å²) >= 11 is 0. The van der Waals surface area contributed by atoms with Gasteiger partial charge in [-0.05, 0) is 42.7 Å². The van der Waals surface area contributed by atoms with E-state index in [-0.39, 0.29) is 17.2 Å². The third kappa shape index (κ3) is 4.40. The molecule has 0 fully saturated rings. The Labute approximate surface area is 155 Å². The Bertz CT molecular complexity index is 845. The van der Waals surface area contributed by atoms with Gasteiger partial charge in [0.05, 0.1) is 0 Å². The molecule has 0 radical (unpaired) electrons. The van der Waals surface area contributed by atoms with Gasteiger partial charge in [-0.25, -0.2) is 4.39 Å². The lowest BCUT2D eigenvalue weighted by molar-refractivity contribution is -0.141. The van der Waals surface area contributed by atoms with E-state index in [0.29, 0.717) is 6.04 Å². The first-order chi connectivity index (χ1) is 12.8. The number of benzene rings is 1. The highest BCUT2D eigenvalue weighted by atomic mass is 19.4. The van der Waals surface area contributed by atoms with Gasteiger partial charge >= 0.3 is 6.18 Å². The molecule has 0 aliphatic carbocycles. The number of nitrogens with one attached hydrogen (secondary N) is 2. The maximum absolute atomic E-state index is 14.6. The Morgan fingerprint density at radius 2 is 2.04 bits per heavy atom. The van der Waals surface area contributed by atoms with Gasteiger partial charge in [-0.15, -0.1) is 0 Å². The summed E-state index contributed by atoms with van der Waals surface area (Å²) in [5, 5.41) is 6.62. The van der Waals surface area contributed by atoms with Gasteiger partial charge in [-0.3, -0.25) is 4.98 Å². The molecule has 1 aromatic carbocycles. The van der Waals surface area contributed by atoms with Crippen LogP contribution in [0.5, 0.6) is 0 Å². The van der Waals surface area contributed by atoms with Crippen molar-refractivity contribution in [2.24, 2.45) is 0 Å². The Balaban J connectivity index is 1.78. The fraction of sp³-hybridized carbons (Fsp3) is 0.350. The number of pyridine rings is 1. The van der Waals surface area contributed by atoms with Crippen molar-refractivity contribution in [3.05, 3.63) is 65.5 Å². The van der Waals surface area contributed by atoms with Crippen molar-refractivity contribution < 1.29 is 17.6 Å². The SMILES string of the molecule is CC[C@H]1CC(NC(C)c2ccc(-c3ccnc(C(F)(F)F)c3)c(F)c2)=CN1. The molecule has 2 atom stereocenters. The Morgan fingerprint density at radius 3 is 2.67 bits per heavy atom. The number of aromatic nitrogens is 1. The first-order valence-electron chi connectivity index (χ1n) is 8.82. The number of rotatable bonds is 5. The molecular formula is C20H21F4N3. The quantitative estimate of drug-likeness (QED) is 0.704. The third-order valence-electron chi connectivity index (χ3n) is 4.71. The summed E-state index contributed by atoms with van der Waals surface area (Å²) in [6, 6.07) is 7.11. The number of hydrogen-bond acceptors (Lipinski definition) is 3. The van der Waals surface area contributed by atoms with Gasteiger partial charge in [-0.2, -0.15) is 13.2 Å². The zero-order valence-electron chi connectivity index (χ0n) is 15.1. The van der Waals surface area contributed by atoms with Crippen molar-refractivity contribution in [3.8, 4) is 11.1 Å². The van der Waals surface area contributed by atoms with E-state index >= 15 is 0 Å². The fourth-order valence-electron chi connectivity index (χ4n) is 3.11. The van der Waals surface area contributed by atoms with Crippen LogP contribution in [0.4, 0.5) is 17.6 Å². The molecule has 144 valence electrons. The molecule has 1 aromatic heterocycles. The Morgan fingerprint density at radius 1 is 1.26 bits per heavy atom. The Kier molecular flexibility index (Phi) is 5.39. The topological polar surface area (TPSA) is 37.0 Å². The van der Waals surface area contributed by atoms with E-state index in [0.717, 1.165) is 36.4 Å². The molecule has 0 saturated carbocycles. The molecule has 0 spiro atoms. The molecule has 0 saturated heterocycles. The van der Waals surface area contributed by atoms with Crippen molar-refractivity contribution >= 4 is 0 Å². The maximum atomic E-state index is 14.6. The molecule has 2 N–H and O–H groups in total. The van der Waals surface area contributed by atoms with E-state index in [1.54, 1.807) is 6.07 Å². The second-order valence-electron chi connectivity index (χ2n) is 6.68. The molecule has 0 bridgehead atoms. The van der Waals surface area contributed by atoms with Gasteiger partial charge in [0.25, 0.3) is 0 Å². The first kappa shape index (κ1) is 19.2. The molecule has 0 amide bonds. The Hall–Kier alpha value is -2.57. The van der Waals surface area contributed by atoms with Gasteiger partial charge in [0.1, 0.15) is 11.5 Å². The molecule has 1 aliphatic rings. The zero-order valence-corrected chi connectivity index (χ0v) is 15.1. The molecule has 27 heavy (non-hydrogen) atoms. The molecule has 2 aromatic rings. The van der Waals surface area contributed by atoms with E-state index in [9.17, 15) is 17.6 Å². The normalized spacial score (nSPS) is 18.0. The van der Waals surface area contributed by atoms with Crippen molar-refractivity contribution in [1.29, 1.82) is 0 Å². The summed E-state index contributed by atoms with van der Waals surface area (Å²) in [4.78, 5) is 3.31. The van der Waals surface area contributed by atoms with E-state index in [1.807, 2.05) is 13.1 Å². The second-order valence-corrected chi connectivity index (χ2v) is 6.68. The van der Waals surface area contributed by atoms with Crippen molar-refractivity contribution in [2.75, 3.05) is 0 Å².